The van der Waals surface area contributed by atoms with Gasteiger partial charge in [-0.25, -0.2) is 4.79 Å². The summed E-state index contributed by atoms with van der Waals surface area (Å²) in [6.45, 7) is 7.23. The van der Waals surface area contributed by atoms with Crippen molar-refractivity contribution < 1.29 is 9.53 Å². The molecule has 2 heterocycles. The van der Waals surface area contributed by atoms with E-state index >= 15 is 0 Å². The zero-order valence-electron chi connectivity index (χ0n) is 9.45. The molecule has 0 unspecified atom stereocenters. The summed E-state index contributed by atoms with van der Waals surface area (Å²) in [6.07, 6.45) is -0.179. The van der Waals surface area contributed by atoms with E-state index in [1.165, 1.54) is 0 Å². The van der Waals surface area contributed by atoms with Gasteiger partial charge in [-0.15, -0.1) is 11.8 Å². The first-order valence-corrected chi connectivity index (χ1v) is 6.34. The fraction of sp³-hybridized carbons (Fsp3) is 0.900. The fourth-order valence-corrected chi connectivity index (χ4v) is 3.06. The van der Waals surface area contributed by atoms with Gasteiger partial charge in [-0.1, -0.05) is 0 Å². The Balaban J connectivity index is 1.91. The lowest BCUT2D eigenvalue weighted by Crippen LogP contribution is -2.54. The molecule has 0 spiro atoms. The van der Waals surface area contributed by atoms with Gasteiger partial charge in [0.2, 0.25) is 0 Å². The molecule has 0 aromatic heterocycles. The van der Waals surface area contributed by atoms with Crippen LogP contribution in [-0.4, -0.2) is 46.9 Å². The van der Waals surface area contributed by atoms with Crippen molar-refractivity contribution in [1.82, 2.24) is 10.2 Å². The van der Waals surface area contributed by atoms with Crippen molar-refractivity contribution >= 4 is 17.9 Å². The Hall–Kier alpha value is -0.420. The fourth-order valence-electron chi connectivity index (χ4n) is 1.82. The molecule has 86 valence electrons. The average molecular weight is 230 g/mol. The van der Waals surface area contributed by atoms with E-state index in [9.17, 15) is 4.79 Å². The third-order valence-electron chi connectivity index (χ3n) is 2.40. The van der Waals surface area contributed by atoms with Crippen LogP contribution in [0.5, 0.6) is 0 Å². The molecular weight excluding hydrogens is 212 g/mol. The number of rotatable bonds is 0. The van der Waals surface area contributed by atoms with E-state index in [2.05, 4.69) is 5.32 Å². The molecule has 2 aliphatic rings. The molecule has 0 saturated carbocycles. The molecule has 0 aromatic carbocycles. The molecule has 2 aliphatic heterocycles. The Morgan fingerprint density at radius 3 is 2.80 bits per heavy atom. The molecular formula is C10H18N2O2S. The van der Waals surface area contributed by atoms with Gasteiger partial charge < -0.3 is 9.64 Å². The molecule has 15 heavy (non-hydrogen) atoms. The van der Waals surface area contributed by atoms with Crippen molar-refractivity contribution in [3.63, 3.8) is 0 Å². The normalized spacial score (nSPS) is 30.5. The first-order chi connectivity index (χ1) is 6.94. The summed E-state index contributed by atoms with van der Waals surface area (Å²) >= 11 is 1.89. The number of piperazine rings is 1. The van der Waals surface area contributed by atoms with Crippen LogP contribution in [0.15, 0.2) is 0 Å². The summed E-state index contributed by atoms with van der Waals surface area (Å²) in [4.78, 5) is 13.6. The van der Waals surface area contributed by atoms with Gasteiger partial charge in [-0.05, 0) is 20.8 Å². The lowest BCUT2D eigenvalue weighted by molar-refractivity contribution is 0.0200. The minimum Gasteiger partial charge on any atom is -0.444 e. The van der Waals surface area contributed by atoms with Crippen molar-refractivity contribution in [3.8, 4) is 0 Å². The molecule has 5 heteroatoms. The van der Waals surface area contributed by atoms with Crippen LogP contribution < -0.4 is 5.32 Å². The maximum atomic E-state index is 11.8. The van der Waals surface area contributed by atoms with Crippen LogP contribution >= 0.6 is 11.8 Å². The van der Waals surface area contributed by atoms with Crippen LogP contribution in [0, 0.1) is 0 Å². The number of amides is 1. The Labute approximate surface area is 94.7 Å². The minimum absolute atomic E-state index is 0.179. The Morgan fingerprint density at radius 2 is 2.20 bits per heavy atom. The molecule has 0 radical (unpaired) electrons. The molecule has 2 fully saturated rings. The number of carbonyl (C=O) groups is 1. The summed E-state index contributed by atoms with van der Waals surface area (Å²) in [5.74, 6) is 1.10. The number of carbonyl (C=O) groups excluding carboxylic acids is 1. The second-order valence-electron chi connectivity index (χ2n) is 5.07. The van der Waals surface area contributed by atoms with Crippen LogP contribution in [0.1, 0.15) is 20.8 Å². The van der Waals surface area contributed by atoms with Crippen LogP contribution in [0.25, 0.3) is 0 Å². The van der Waals surface area contributed by atoms with Crippen LogP contribution in [0.3, 0.4) is 0 Å². The predicted molar refractivity (Wildman–Crippen MR) is 61.0 cm³/mol. The highest BCUT2D eigenvalue weighted by Crippen LogP contribution is 2.25. The lowest BCUT2D eigenvalue weighted by atomic mass is 10.2. The SMILES string of the molecule is CC(C)(C)OC(=O)N1C[C@H]2CS[C@@H](C1)N2. The van der Waals surface area contributed by atoms with Gasteiger partial charge in [0, 0.05) is 24.9 Å². The minimum atomic E-state index is -0.395. The molecule has 0 aromatic rings. The largest absolute Gasteiger partial charge is 0.444 e. The number of ether oxygens (including phenoxy) is 1. The number of hydrogen-bond donors (Lipinski definition) is 1. The topological polar surface area (TPSA) is 41.6 Å². The monoisotopic (exact) mass is 230 g/mol. The molecule has 2 saturated heterocycles. The summed E-state index contributed by atoms with van der Waals surface area (Å²) in [6, 6.07) is 0.446. The van der Waals surface area contributed by atoms with Crippen molar-refractivity contribution in [3.05, 3.63) is 0 Å². The summed E-state index contributed by atoms with van der Waals surface area (Å²) in [5.41, 5.74) is -0.395. The summed E-state index contributed by atoms with van der Waals surface area (Å²) < 4.78 is 5.35. The van der Waals surface area contributed by atoms with Crippen LogP contribution in [0.4, 0.5) is 4.79 Å². The van der Waals surface area contributed by atoms with Gasteiger partial charge in [0.25, 0.3) is 0 Å². The second-order valence-corrected chi connectivity index (χ2v) is 6.31. The van der Waals surface area contributed by atoms with E-state index in [0.717, 1.165) is 18.8 Å². The molecule has 0 aliphatic carbocycles. The van der Waals surface area contributed by atoms with Crippen molar-refractivity contribution in [2.45, 2.75) is 37.8 Å². The average Bonchev–Trinajstić information content (AvgIpc) is 2.42. The van der Waals surface area contributed by atoms with E-state index in [4.69, 9.17) is 4.74 Å². The maximum Gasteiger partial charge on any atom is 0.410 e. The third-order valence-corrected chi connectivity index (χ3v) is 3.68. The smallest absolute Gasteiger partial charge is 0.410 e. The molecule has 2 rings (SSSR count). The highest BCUT2D eigenvalue weighted by Gasteiger charge is 2.36. The number of nitrogens with zero attached hydrogens (tertiary/aromatic N) is 1. The number of hydrogen-bond acceptors (Lipinski definition) is 4. The van der Waals surface area contributed by atoms with E-state index in [1.807, 2.05) is 37.4 Å². The standard InChI is InChI=1S/C10H18N2O2S/c1-10(2,3)14-9(13)12-4-7-6-15-8(5-12)11-7/h7-8,11H,4-6H2,1-3H3/t7-,8-/m0/s1. The summed E-state index contributed by atoms with van der Waals surface area (Å²) in [5, 5.41) is 3.85. The molecule has 2 bridgehead atoms. The van der Waals surface area contributed by atoms with Gasteiger partial charge in [0.05, 0.1) is 5.37 Å². The van der Waals surface area contributed by atoms with E-state index < -0.39 is 5.60 Å². The van der Waals surface area contributed by atoms with Crippen LogP contribution in [-0.2, 0) is 4.74 Å². The highest BCUT2D eigenvalue weighted by atomic mass is 32.2. The first-order valence-electron chi connectivity index (χ1n) is 5.29. The van der Waals surface area contributed by atoms with Gasteiger partial charge in [-0.2, -0.15) is 0 Å². The van der Waals surface area contributed by atoms with Crippen LogP contribution in [0.2, 0.25) is 0 Å². The quantitative estimate of drug-likeness (QED) is 0.680. The third kappa shape index (κ3) is 2.78. The molecule has 2 atom stereocenters. The molecule has 1 N–H and O–H groups in total. The van der Waals surface area contributed by atoms with Crippen molar-refractivity contribution in [1.29, 1.82) is 0 Å². The Kier molecular flexibility index (Phi) is 2.85. The van der Waals surface area contributed by atoms with E-state index in [-0.39, 0.29) is 6.09 Å². The predicted octanol–water partition coefficient (Wildman–Crippen LogP) is 1.27. The molecule has 4 nitrogen and oxygen atoms in total. The summed E-state index contributed by atoms with van der Waals surface area (Å²) in [7, 11) is 0. The van der Waals surface area contributed by atoms with E-state index in [1.54, 1.807) is 0 Å². The second kappa shape index (κ2) is 3.87. The maximum absolute atomic E-state index is 11.8. The van der Waals surface area contributed by atoms with Gasteiger partial charge in [0.15, 0.2) is 0 Å². The van der Waals surface area contributed by atoms with Gasteiger partial charge in [0.1, 0.15) is 5.60 Å². The highest BCUT2D eigenvalue weighted by molar-refractivity contribution is 8.00. The number of thioether (sulfide) groups is 1. The Bertz CT molecular complexity index is 253. The number of nitrogens with one attached hydrogen (secondary N) is 1. The van der Waals surface area contributed by atoms with E-state index in [0.29, 0.717) is 11.4 Å². The zero-order valence-corrected chi connectivity index (χ0v) is 10.3. The lowest BCUT2D eigenvalue weighted by Gasteiger charge is -2.33. The van der Waals surface area contributed by atoms with Gasteiger partial charge in [-0.3, -0.25) is 5.32 Å². The van der Waals surface area contributed by atoms with Crippen molar-refractivity contribution in [2.75, 3.05) is 18.8 Å². The van der Waals surface area contributed by atoms with Crippen molar-refractivity contribution in [2.24, 2.45) is 0 Å². The first kappa shape index (κ1) is 11.1. The zero-order chi connectivity index (χ0) is 11.1. The number of fused-ring (bicyclic) bond motifs is 2. The Morgan fingerprint density at radius 1 is 1.47 bits per heavy atom. The molecule has 1 amide bonds. The van der Waals surface area contributed by atoms with Gasteiger partial charge >= 0.3 is 6.09 Å².